The maximum absolute atomic E-state index is 2.35. The molecule has 3 heterocycles. The van der Waals surface area contributed by atoms with Gasteiger partial charge in [0.05, 0.1) is 0 Å². The van der Waals surface area contributed by atoms with E-state index in [1.54, 1.807) is 0 Å². The van der Waals surface area contributed by atoms with E-state index in [-0.39, 0.29) is 0 Å². The standard InChI is InChI=1S/C48H28S3/c1-3-11-41-37(7-1)39-25-23-33(27-45(39)49-41)29-15-19-31(20-16-29)35-9-5-13-43-47(35)48-36(10-6-14-44(48)51-43)32-21-17-30(18-22-32)34-24-26-40-38-8-2-4-12-42(38)50-46(40)28-34/h1-28H. The molecule has 0 saturated carbocycles. The van der Waals surface area contributed by atoms with Crippen LogP contribution in [0, 0.1) is 0 Å². The zero-order valence-corrected chi connectivity index (χ0v) is 29.8. The average Bonchev–Trinajstić information content (AvgIpc) is 3.88. The van der Waals surface area contributed by atoms with Crippen LogP contribution in [-0.2, 0) is 0 Å². The molecule has 0 fully saturated rings. The van der Waals surface area contributed by atoms with Crippen molar-refractivity contribution in [3.8, 4) is 44.5 Å². The molecule has 0 N–H and O–H groups in total. The van der Waals surface area contributed by atoms with Crippen LogP contribution in [0.1, 0.15) is 0 Å². The summed E-state index contributed by atoms with van der Waals surface area (Å²) in [5.41, 5.74) is 10.1. The molecule has 3 heteroatoms. The smallest absolute Gasteiger partial charge is 0.0361 e. The van der Waals surface area contributed by atoms with Crippen LogP contribution in [0.2, 0.25) is 0 Å². The van der Waals surface area contributed by atoms with E-state index in [2.05, 4.69) is 170 Å². The molecule has 0 aliphatic carbocycles. The van der Waals surface area contributed by atoms with Gasteiger partial charge in [-0.15, -0.1) is 34.0 Å². The minimum absolute atomic E-state index is 1.24. The lowest BCUT2D eigenvalue weighted by atomic mass is 9.93. The number of fused-ring (bicyclic) bond motifs is 9. The molecule has 51 heavy (non-hydrogen) atoms. The average molecular weight is 701 g/mol. The second kappa shape index (κ2) is 11.5. The van der Waals surface area contributed by atoms with E-state index >= 15 is 0 Å². The van der Waals surface area contributed by atoms with Crippen molar-refractivity contribution in [3.05, 3.63) is 170 Å². The third-order valence-electron chi connectivity index (χ3n) is 10.3. The van der Waals surface area contributed by atoms with Crippen LogP contribution >= 0.6 is 34.0 Å². The summed E-state index contributed by atoms with van der Waals surface area (Å²) in [7, 11) is 0. The lowest BCUT2D eigenvalue weighted by Gasteiger charge is -2.10. The Morgan fingerprint density at radius 1 is 0.235 bits per heavy atom. The van der Waals surface area contributed by atoms with Crippen molar-refractivity contribution >= 4 is 94.5 Å². The van der Waals surface area contributed by atoms with Crippen LogP contribution < -0.4 is 0 Å². The molecule has 0 aliphatic heterocycles. The van der Waals surface area contributed by atoms with Crippen LogP contribution in [0.5, 0.6) is 0 Å². The van der Waals surface area contributed by atoms with Gasteiger partial charge in [0.1, 0.15) is 0 Å². The number of rotatable bonds is 4. The first-order valence-electron chi connectivity index (χ1n) is 17.2. The van der Waals surface area contributed by atoms with Crippen molar-refractivity contribution in [1.82, 2.24) is 0 Å². The quantitative estimate of drug-likeness (QED) is 0.171. The molecule has 238 valence electrons. The highest BCUT2D eigenvalue weighted by molar-refractivity contribution is 7.26. The largest absolute Gasteiger partial charge is 0.135 e. The lowest BCUT2D eigenvalue weighted by Crippen LogP contribution is -1.84. The first kappa shape index (κ1) is 29.2. The molecule has 0 unspecified atom stereocenters. The fourth-order valence-electron chi connectivity index (χ4n) is 7.84. The van der Waals surface area contributed by atoms with Gasteiger partial charge in [0.15, 0.2) is 0 Å². The Bertz CT molecular complexity index is 2900. The molecule has 0 amide bonds. The van der Waals surface area contributed by atoms with Crippen LogP contribution in [-0.4, -0.2) is 0 Å². The fraction of sp³-hybridized carbons (Fsp3) is 0. The SMILES string of the molecule is c1ccc2c(c1)sc1cc(-c3ccc(-c4cccc5sc6cccc(-c7ccc(-c8ccc9c(c8)sc8ccccc89)cc7)c6c45)cc3)ccc12. The zero-order chi connectivity index (χ0) is 33.5. The van der Waals surface area contributed by atoms with Gasteiger partial charge in [-0.05, 0) is 80.9 Å². The van der Waals surface area contributed by atoms with E-state index in [4.69, 9.17) is 0 Å². The molecule has 0 atom stereocenters. The molecule has 0 radical (unpaired) electrons. The molecule has 0 saturated heterocycles. The summed E-state index contributed by atoms with van der Waals surface area (Å²) in [4.78, 5) is 0. The van der Waals surface area contributed by atoms with E-state index in [0.717, 1.165) is 0 Å². The maximum atomic E-state index is 2.35. The highest BCUT2D eigenvalue weighted by Crippen LogP contribution is 2.45. The number of benzene rings is 8. The minimum Gasteiger partial charge on any atom is -0.135 e. The molecule has 0 bridgehead atoms. The van der Waals surface area contributed by atoms with Crippen molar-refractivity contribution in [1.29, 1.82) is 0 Å². The monoisotopic (exact) mass is 700 g/mol. The third kappa shape index (κ3) is 4.70. The Hall–Kier alpha value is -5.58. The summed E-state index contributed by atoms with van der Waals surface area (Å²) in [6, 6.07) is 63.1. The fourth-order valence-corrected chi connectivity index (χ4v) is 11.3. The van der Waals surface area contributed by atoms with Crippen molar-refractivity contribution in [2.24, 2.45) is 0 Å². The van der Waals surface area contributed by atoms with Gasteiger partial charge in [-0.1, -0.05) is 133 Å². The Kier molecular flexibility index (Phi) is 6.57. The molecule has 0 spiro atoms. The predicted molar refractivity (Wildman–Crippen MR) is 227 cm³/mol. The lowest BCUT2D eigenvalue weighted by molar-refractivity contribution is 1.63. The van der Waals surface area contributed by atoms with Gasteiger partial charge in [-0.25, -0.2) is 0 Å². The van der Waals surface area contributed by atoms with E-state index in [0.29, 0.717) is 0 Å². The van der Waals surface area contributed by atoms with Crippen LogP contribution in [0.4, 0.5) is 0 Å². The second-order valence-corrected chi connectivity index (χ2v) is 16.5. The van der Waals surface area contributed by atoms with Gasteiger partial charge < -0.3 is 0 Å². The van der Waals surface area contributed by atoms with Crippen molar-refractivity contribution < 1.29 is 0 Å². The normalized spacial score (nSPS) is 11.9. The molecular formula is C48H28S3. The van der Waals surface area contributed by atoms with Crippen molar-refractivity contribution in [2.45, 2.75) is 0 Å². The number of hydrogen-bond donors (Lipinski definition) is 0. The van der Waals surface area contributed by atoms with Gasteiger partial charge in [0.2, 0.25) is 0 Å². The van der Waals surface area contributed by atoms with Gasteiger partial charge in [0.25, 0.3) is 0 Å². The van der Waals surface area contributed by atoms with E-state index in [9.17, 15) is 0 Å². The molecule has 11 rings (SSSR count). The Morgan fingerprint density at radius 2 is 0.588 bits per heavy atom. The van der Waals surface area contributed by atoms with Gasteiger partial charge in [-0.2, -0.15) is 0 Å². The van der Waals surface area contributed by atoms with Crippen LogP contribution in [0.25, 0.3) is 105 Å². The zero-order valence-electron chi connectivity index (χ0n) is 27.4. The molecule has 8 aromatic carbocycles. The highest BCUT2D eigenvalue weighted by Gasteiger charge is 2.16. The maximum Gasteiger partial charge on any atom is 0.0361 e. The first-order valence-corrected chi connectivity index (χ1v) is 19.7. The Balaban J connectivity index is 0.971. The molecular weight excluding hydrogens is 673 g/mol. The molecule has 0 aliphatic rings. The van der Waals surface area contributed by atoms with Crippen LogP contribution in [0.15, 0.2) is 170 Å². The van der Waals surface area contributed by atoms with Gasteiger partial charge >= 0.3 is 0 Å². The number of hydrogen-bond acceptors (Lipinski definition) is 3. The molecule has 3 aromatic heterocycles. The third-order valence-corrected chi connectivity index (χ3v) is 13.7. The van der Waals surface area contributed by atoms with E-state index in [1.807, 2.05) is 34.0 Å². The summed E-state index contributed by atoms with van der Waals surface area (Å²) in [6.07, 6.45) is 0. The minimum atomic E-state index is 1.24. The Labute approximate surface area is 307 Å². The van der Waals surface area contributed by atoms with Crippen LogP contribution in [0.3, 0.4) is 0 Å². The van der Waals surface area contributed by atoms with E-state index < -0.39 is 0 Å². The second-order valence-electron chi connectivity index (χ2n) is 13.2. The first-order chi connectivity index (χ1) is 25.2. The summed E-state index contributed by atoms with van der Waals surface area (Å²) in [6.45, 7) is 0. The van der Waals surface area contributed by atoms with Gasteiger partial charge in [0, 0.05) is 60.5 Å². The molecule has 0 nitrogen and oxygen atoms in total. The highest BCUT2D eigenvalue weighted by atomic mass is 32.1. The summed E-state index contributed by atoms with van der Waals surface area (Å²) in [5.74, 6) is 0. The predicted octanol–water partition coefficient (Wildman–Crippen LogP) is 15.5. The van der Waals surface area contributed by atoms with Crippen molar-refractivity contribution in [2.75, 3.05) is 0 Å². The summed E-state index contributed by atoms with van der Waals surface area (Å²) in [5, 5.41) is 8.04. The van der Waals surface area contributed by atoms with E-state index in [1.165, 1.54) is 105 Å². The van der Waals surface area contributed by atoms with Gasteiger partial charge in [-0.3, -0.25) is 0 Å². The number of thiophene rings is 3. The summed E-state index contributed by atoms with van der Waals surface area (Å²) < 4.78 is 8.01. The van der Waals surface area contributed by atoms with Crippen molar-refractivity contribution in [3.63, 3.8) is 0 Å². The molecule has 11 aromatic rings. The topological polar surface area (TPSA) is 0 Å². The Morgan fingerprint density at radius 3 is 1.06 bits per heavy atom. The summed E-state index contributed by atoms with van der Waals surface area (Å²) >= 11 is 5.64.